The maximum Gasteiger partial charge on any atom is 0.279 e. The lowest BCUT2D eigenvalue weighted by molar-refractivity contribution is -0.385. The number of aromatic hydroxyl groups is 1. The summed E-state index contributed by atoms with van der Waals surface area (Å²) in [7, 11) is 3.08. The van der Waals surface area contributed by atoms with E-state index in [0.29, 0.717) is 29.9 Å². The molecule has 1 aliphatic heterocycles. The Morgan fingerprint density at radius 2 is 2.16 bits per heavy atom. The van der Waals surface area contributed by atoms with Crippen molar-refractivity contribution in [2.75, 3.05) is 14.2 Å². The zero-order valence-electron chi connectivity index (χ0n) is 13.7. The van der Waals surface area contributed by atoms with Gasteiger partial charge in [0.15, 0.2) is 22.4 Å². The molecule has 8 nitrogen and oxygen atoms in total. The van der Waals surface area contributed by atoms with Crippen LogP contribution in [0.1, 0.15) is 30.9 Å². The summed E-state index contributed by atoms with van der Waals surface area (Å²) in [6.45, 7) is 0. The van der Waals surface area contributed by atoms with Crippen molar-refractivity contribution in [3.8, 4) is 11.5 Å². The molecule has 0 fully saturated rings. The lowest BCUT2D eigenvalue weighted by Crippen LogP contribution is -2.47. The van der Waals surface area contributed by atoms with Gasteiger partial charge in [-0.3, -0.25) is 14.9 Å². The van der Waals surface area contributed by atoms with Crippen LogP contribution in [0.25, 0.3) is 0 Å². The minimum Gasteiger partial charge on any atom is -0.504 e. The van der Waals surface area contributed by atoms with Crippen molar-refractivity contribution in [2.24, 2.45) is 0 Å². The highest BCUT2D eigenvalue weighted by atomic mass is 32.1. The van der Waals surface area contributed by atoms with Gasteiger partial charge in [0, 0.05) is 24.7 Å². The second-order valence-electron chi connectivity index (χ2n) is 5.92. The van der Waals surface area contributed by atoms with Crippen LogP contribution < -0.4 is 10.1 Å². The predicted molar refractivity (Wildman–Crippen MR) is 93.4 cm³/mol. The third kappa shape index (κ3) is 2.80. The van der Waals surface area contributed by atoms with Gasteiger partial charge in [0.05, 0.1) is 29.7 Å². The number of hydrogen-bond acceptors (Lipinski definition) is 6. The number of thiocarbonyl (C=S) groups is 1. The van der Waals surface area contributed by atoms with E-state index in [2.05, 4.69) is 5.32 Å². The standard InChI is InChI=1S/C16H17N3O5S/c1-18-9-4-3-5-11(20)14(9)15(17-16(18)25)8-6-12(21)13(24-2)7-10(8)19(22)23/h6-7,15,21H,3-5H2,1-2H3,(H,17,25). The van der Waals surface area contributed by atoms with E-state index in [1.807, 2.05) is 0 Å². The first-order valence-electron chi connectivity index (χ1n) is 7.71. The van der Waals surface area contributed by atoms with Gasteiger partial charge in [-0.2, -0.15) is 0 Å². The summed E-state index contributed by atoms with van der Waals surface area (Å²) in [4.78, 5) is 25.2. The molecule has 1 unspecified atom stereocenters. The molecule has 0 amide bonds. The number of hydrogen-bond donors (Lipinski definition) is 2. The van der Waals surface area contributed by atoms with E-state index in [1.165, 1.54) is 13.2 Å². The number of benzene rings is 1. The minimum atomic E-state index is -0.774. The van der Waals surface area contributed by atoms with E-state index < -0.39 is 11.0 Å². The highest BCUT2D eigenvalue weighted by Crippen LogP contribution is 2.43. The lowest BCUT2D eigenvalue weighted by atomic mass is 9.84. The quantitative estimate of drug-likeness (QED) is 0.478. The SMILES string of the molecule is COc1cc([N+](=O)[O-])c(C2NC(=S)N(C)C3=C2C(=O)CCC3)cc1O. The van der Waals surface area contributed by atoms with Gasteiger partial charge in [-0.25, -0.2) is 0 Å². The normalized spacial score (nSPS) is 20.2. The summed E-state index contributed by atoms with van der Waals surface area (Å²) >= 11 is 5.32. The summed E-state index contributed by atoms with van der Waals surface area (Å²) < 4.78 is 4.96. The molecular weight excluding hydrogens is 346 g/mol. The molecule has 2 N–H and O–H groups in total. The van der Waals surface area contributed by atoms with Crippen molar-refractivity contribution in [1.82, 2.24) is 10.2 Å². The number of nitro benzene ring substituents is 1. The first kappa shape index (κ1) is 17.2. The van der Waals surface area contributed by atoms with E-state index in [4.69, 9.17) is 17.0 Å². The molecule has 0 saturated carbocycles. The van der Waals surface area contributed by atoms with E-state index >= 15 is 0 Å². The van der Waals surface area contributed by atoms with Gasteiger partial charge in [-0.05, 0) is 31.1 Å². The number of ether oxygens (including phenoxy) is 1. The number of ketones is 1. The van der Waals surface area contributed by atoms with Crippen LogP contribution in [0.4, 0.5) is 5.69 Å². The predicted octanol–water partition coefficient (Wildman–Crippen LogP) is 2.18. The Bertz CT molecular complexity index is 820. The Morgan fingerprint density at radius 1 is 1.44 bits per heavy atom. The van der Waals surface area contributed by atoms with Crippen molar-refractivity contribution in [3.05, 3.63) is 39.1 Å². The van der Waals surface area contributed by atoms with Crippen molar-refractivity contribution in [1.29, 1.82) is 0 Å². The number of methoxy groups -OCH3 is 1. The summed E-state index contributed by atoms with van der Waals surface area (Å²) in [6.07, 6.45) is 1.77. The fourth-order valence-corrected chi connectivity index (χ4v) is 3.53. The second-order valence-corrected chi connectivity index (χ2v) is 6.31. The van der Waals surface area contributed by atoms with Crippen LogP contribution in [0, 0.1) is 10.1 Å². The molecule has 1 heterocycles. The van der Waals surface area contributed by atoms with Gasteiger partial charge in [0.25, 0.3) is 5.69 Å². The fraction of sp³-hybridized carbons (Fsp3) is 0.375. The number of rotatable bonds is 3. The average Bonchev–Trinajstić information content (AvgIpc) is 2.57. The van der Waals surface area contributed by atoms with Crippen LogP contribution >= 0.6 is 12.2 Å². The van der Waals surface area contributed by atoms with Crippen LogP contribution in [0.2, 0.25) is 0 Å². The number of nitrogens with zero attached hydrogens (tertiary/aromatic N) is 2. The monoisotopic (exact) mass is 363 g/mol. The lowest BCUT2D eigenvalue weighted by Gasteiger charge is -2.38. The number of phenols is 1. The average molecular weight is 363 g/mol. The molecule has 0 spiro atoms. The summed E-state index contributed by atoms with van der Waals surface area (Å²) in [5, 5.41) is 25.0. The van der Waals surface area contributed by atoms with Gasteiger partial charge in [0.1, 0.15) is 0 Å². The number of nitro groups is 1. The second kappa shape index (κ2) is 6.32. The van der Waals surface area contributed by atoms with Crippen molar-refractivity contribution < 1.29 is 19.6 Å². The molecule has 132 valence electrons. The number of Topliss-reactive ketones (excluding diaryl/α,β-unsaturated/α-hetero) is 1. The van der Waals surface area contributed by atoms with E-state index in [-0.39, 0.29) is 28.5 Å². The van der Waals surface area contributed by atoms with Gasteiger partial charge in [-0.15, -0.1) is 0 Å². The van der Waals surface area contributed by atoms with Crippen molar-refractivity contribution in [2.45, 2.75) is 25.3 Å². The molecule has 25 heavy (non-hydrogen) atoms. The molecular formula is C16H17N3O5S. The third-order valence-corrected chi connectivity index (χ3v) is 4.92. The number of carbonyl (C=O) groups excluding carboxylic acids is 1. The molecule has 1 aromatic rings. The highest BCUT2D eigenvalue weighted by molar-refractivity contribution is 7.80. The van der Waals surface area contributed by atoms with Crippen LogP contribution in [0.3, 0.4) is 0 Å². The molecule has 0 aromatic heterocycles. The molecule has 1 atom stereocenters. The first-order valence-corrected chi connectivity index (χ1v) is 8.11. The molecule has 2 aliphatic rings. The van der Waals surface area contributed by atoms with Crippen molar-refractivity contribution >= 4 is 28.8 Å². The maximum atomic E-state index is 12.5. The first-order chi connectivity index (χ1) is 11.8. The molecule has 0 bridgehead atoms. The van der Waals surface area contributed by atoms with E-state index in [9.17, 15) is 20.0 Å². The van der Waals surface area contributed by atoms with Gasteiger partial charge >= 0.3 is 0 Å². The summed E-state index contributed by atoms with van der Waals surface area (Å²) in [6, 6.07) is 1.64. The smallest absolute Gasteiger partial charge is 0.279 e. The largest absolute Gasteiger partial charge is 0.504 e. The molecule has 0 radical (unpaired) electrons. The van der Waals surface area contributed by atoms with Crippen LogP contribution in [-0.2, 0) is 4.79 Å². The number of allylic oxidation sites excluding steroid dienone is 1. The number of carbonyl (C=O) groups is 1. The fourth-order valence-electron chi connectivity index (χ4n) is 3.30. The Labute approximate surface area is 149 Å². The topological polar surface area (TPSA) is 105 Å². The third-order valence-electron chi connectivity index (χ3n) is 4.53. The Hall–Kier alpha value is -2.68. The van der Waals surface area contributed by atoms with E-state index in [0.717, 1.165) is 11.8 Å². The minimum absolute atomic E-state index is 0.00451. The molecule has 1 aliphatic carbocycles. The summed E-state index contributed by atoms with van der Waals surface area (Å²) in [5.41, 5.74) is 1.18. The molecule has 9 heteroatoms. The number of nitrogens with one attached hydrogen (secondary N) is 1. The molecule has 0 saturated heterocycles. The zero-order chi connectivity index (χ0) is 18.3. The van der Waals surface area contributed by atoms with Crippen LogP contribution in [0.15, 0.2) is 23.4 Å². The maximum absolute atomic E-state index is 12.5. The Kier molecular flexibility index (Phi) is 4.34. The molecule has 1 aromatic carbocycles. The van der Waals surface area contributed by atoms with Crippen molar-refractivity contribution in [3.63, 3.8) is 0 Å². The van der Waals surface area contributed by atoms with Gasteiger partial charge in [0.2, 0.25) is 0 Å². The zero-order valence-corrected chi connectivity index (χ0v) is 14.6. The number of phenolic OH excluding ortho intramolecular Hbond substituents is 1. The molecule has 3 rings (SSSR count). The van der Waals surface area contributed by atoms with E-state index in [1.54, 1.807) is 11.9 Å². The van der Waals surface area contributed by atoms with Gasteiger partial charge in [-0.1, -0.05) is 0 Å². The van der Waals surface area contributed by atoms with Crippen LogP contribution in [0.5, 0.6) is 11.5 Å². The Balaban J connectivity index is 2.22. The summed E-state index contributed by atoms with van der Waals surface area (Å²) in [5.74, 6) is -0.312. The Morgan fingerprint density at radius 3 is 2.80 bits per heavy atom. The van der Waals surface area contributed by atoms with Crippen LogP contribution in [-0.4, -0.2) is 40.0 Å². The highest BCUT2D eigenvalue weighted by Gasteiger charge is 2.39. The van der Waals surface area contributed by atoms with Gasteiger partial charge < -0.3 is 20.1 Å².